The van der Waals surface area contributed by atoms with Gasteiger partial charge in [-0.2, -0.15) is 5.10 Å². The Morgan fingerprint density at radius 3 is 2.76 bits per heavy atom. The first kappa shape index (κ1) is 12.1. The summed E-state index contributed by atoms with van der Waals surface area (Å²) in [6, 6.07) is 0.408. The summed E-state index contributed by atoms with van der Waals surface area (Å²) in [7, 11) is 0. The molecule has 0 saturated heterocycles. The Morgan fingerprint density at radius 1 is 1.35 bits per heavy atom. The number of aromatic nitrogens is 4. The van der Waals surface area contributed by atoms with Crippen molar-refractivity contribution in [1.29, 1.82) is 0 Å². The number of imidazole rings is 1. The number of hydrogen-bond acceptors (Lipinski definition) is 2. The molecule has 17 heavy (non-hydrogen) atoms. The molecule has 0 fully saturated rings. The molecule has 0 aromatic carbocycles. The fraction of sp³-hybridized carbons (Fsp3) is 0.692. The molecule has 0 aliphatic carbocycles. The summed E-state index contributed by atoms with van der Waals surface area (Å²) in [6.07, 6.45) is 5.32. The Balaban J connectivity index is 2.34. The molecule has 2 aromatic heterocycles. The molecule has 2 aromatic rings. The first-order valence-electron chi connectivity index (χ1n) is 6.60. The topological polar surface area (TPSA) is 46.5 Å². The Hall–Kier alpha value is -1.32. The molecule has 94 valence electrons. The molecular formula is C13H22N4. The van der Waals surface area contributed by atoms with Crippen LogP contribution in [0.3, 0.4) is 0 Å². The van der Waals surface area contributed by atoms with Crippen LogP contribution in [0.5, 0.6) is 0 Å². The van der Waals surface area contributed by atoms with E-state index < -0.39 is 0 Å². The predicted molar refractivity (Wildman–Crippen MR) is 70.2 cm³/mol. The van der Waals surface area contributed by atoms with Crippen LogP contribution in [0.2, 0.25) is 0 Å². The molecule has 0 saturated carbocycles. The average molecular weight is 234 g/mol. The van der Waals surface area contributed by atoms with Crippen LogP contribution in [0.1, 0.15) is 64.7 Å². The van der Waals surface area contributed by atoms with Crippen molar-refractivity contribution in [2.45, 2.75) is 58.9 Å². The van der Waals surface area contributed by atoms with Gasteiger partial charge in [-0.05, 0) is 19.8 Å². The zero-order valence-electron chi connectivity index (χ0n) is 11.2. The maximum atomic E-state index is 4.71. The molecule has 2 heterocycles. The molecule has 0 amide bonds. The number of aromatic amines is 1. The number of nitrogens with zero attached hydrogens (tertiary/aromatic N) is 3. The molecule has 0 radical (unpaired) electrons. The molecule has 0 unspecified atom stereocenters. The highest BCUT2D eigenvalue weighted by Gasteiger charge is 2.15. The highest BCUT2D eigenvalue weighted by atomic mass is 15.3. The third-order valence-corrected chi connectivity index (χ3v) is 3.46. The van der Waals surface area contributed by atoms with Gasteiger partial charge < -0.3 is 4.98 Å². The largest absolute Gasteiger partial charge is 0.339 e. The van der Waals surface area contributed by atoms with Crippen LogP contribution in [0, 0.1) is 0 Å². The highest BCUT2D eigenvalue weighted by Crippen LogP contribution is 2.23. The lowest BCUT2D eigenvalue weighted by Crippen LogP contribution is -2.06. The molecule has 4 nitrogen and oxygen atoms in total. The van der Waals surface area contributed by atoms with E-state index in [4.69, 9.17) is 4.98 Å². The van der Waals surface area contributed by atoms with Crippen molar-refractivity contribution < 1.29 is 0 Å². The standard InChI is InChI=1S/C13H22N4/c1-5-7-9(3)12-15-11-8-14-17(10(4)6-2)13(11)16-12/h8-10H,5-7H2,1-4H3,(H,15,16)/t9-,10-/m1/s1. The Morgan fingerprint density at radius 2 is 2.12 bits per heavy atom. The zero-order chi connectivity index (χ0) is 12.4. The van der Waals surface area contributed by atoms with Crippen LogP contribution in [-0.4, -0.2) is 19.7 Å². The molecule has 0 bridgehead atoms. The smallest absolute Gasteiger partial charge is 0.176 e. The van der Waals surface area contributed by atoms with Crippen LogP contribution in [0.4, 0.5) is 0 Å². The van der Waals surface area contributed by atoms with Gasteiger partial charge in [-0.25, -0.2) is 9.67 Å². The van der Waals surface area contributed by atoms with E-state index >= 15 is 0 Å². The molecule has 0 spiro atoms. The van der Waals surface area contributed by atoms with Crippen molar-refractivity contribution in [1.82, 2.24) is 19.7 Å². The highest BCUT2D eigenvalue weighted by molar-refractivity contribution is 5.70. The van der Waals surface area contributed by atoms with Crippen LogP contribution in [0.15, 0.2) is 6.20 Å². The van der Waals surface area contributed by atoms with Crippen molar-refractivity contribution in [3.8, 4) is 0 Å². The normalized spacial score (nSPS) is 15.3. The van der Waals surface area contributed by atoms with Crippen molar-refractivity contribution >= 4 is 11.2 Å². The second-order valence-electron chi connectivity index (χ2n) is 4.90. The molecule has 0 aliphatic rings. The lowest BCUT2D eigenvalue weighted by atomic mass is 10.1. The number of nitrogens with one attached hydrogen (secondary N) is 1. The maximum Gasteiger partial charge on any atom is 0.176 e. The minimum atomic E-state index is 0.408. The van der Waals surface area contributed by atoms with Crippen LogP contribution in [0.25, 0.3) is 11.2 Å². The Bertz CT molecular complexity index is 483. The summed E-state index contributed by atoms with van der Waals surface area (Å²) < 4.78 is 2.02. The molecule has 2 rings (SSSR count). The van der Waals surface area contributed by atoms with E-state index in [0.29, 0.717) is 12.0 Å². The summed E-state index contributed by atoms with van der Waals surface area (Å²) in [5.41, 5.74) is 2.06. The lowest BCUT2D eigenvalue weighted by Gasteiger charge is -2.09. The van der Waals surface area contributed by atoms with Gasteiger partial charge in [0.1, 0.15) is 11.3 Å². The van der Waals surface area contributed by atoms with E-state index in [1.54, 1.807) is 0 Å². The fourth-order valence-electron chi connectivity index (χ4n) is 2.13. The number of fused-ring (bicyclic) bond motifs is 1. The second-order valence-corrected chi connectivity index (χ2v) is 4.90. The van der Waals surface area contributed by atoms with Crippen LogP contribution in [-0.2, 0) is 0 Å². The monoisotopic (exact) mass is 234 g/mol. The number of rotatable bonds is 5. The Labute approximate surface area is 102 Å². The van der Waals surface area contributed by atoms with Gasteiger partial charge in [-0.3, -0.25) is 0 Å². The SMILES string of the molecule is CCC[C@@H](C)c1nc2c(cnn2[C@H](C)CC)[nH]1. The van der Waals surface area contributed by atoms with Crippen LogP contribution < -0.4 is 0 Å². The predicted octanol–water partition coefficient (Wildman–Crippen LogP) is 3.63. The molecule has 1 N–H and O–H groups in total. The van der Waals surface area contributed by atoms with Gasteiger partial charge in [0.05, 0.1) is 12.2 Å². The van der Waals surface area contributed by atoms with Gasteiger partial charge in [0, 0.05) is 5.92 Å². The minimum Gasteiger partial charge on any atom is -0.339 e. The van der Waals surface area contributed by atoms with Gasteiger partial charge in [0.2, 0.25) is 0 Å². The summed E-state index contributed by atoms with van der Waals surface area (Å²) in [5, 5.41) is 4.40. The average Bonchev–Trinajstić information content (AvgIpc) is 2.87. The number of H-pyrrole nitrogens is 1. The van der Waals surface area contributed by atoms with Gasteiger partial charge in [-0.1, -0.05) is 27.2 Å². The van der Waals surface area contributed by atoms with E-state index in [0.717, 1.165) is 23.4 Å². The summed E-state index contributed by atoms with van der Waals surface area (Å²) in [5.74, 6) is 1.59. The fourth-order valence-corrected chi connectivity index (χ4v) is 2.13. The van der Waals surface area contributed by atoms with E-state index in [-0.39, 0.29) is 0 Å². The van der Waals surface area contributed by atoms with E-state index in [2.05, 4.69) is 37.8 Å². The first-order chi connectivity index (χ1) is 8.17. The van der Waals surface area contributed by atoms with E-state index in [1.165, 1.54) is 12.8 Å². The maximum absolute atomic E-state index is 4.71. The van der Waals surface area contributed by atoms with Gasteiger partial charge in [0.15, 0.2) is 5.65 Å². The summed E-state index contributed by atoms with van der Waals surface area (Å²) >= 11 is 0. The van der Waals surface area contributed by atoms with Crippen molar-refractivity contribution in [3.63, 3.8) is 0 Å². The molecule has 4 heteroatoms. The van der Waals surface area contributed by atoms with E-state index in [1.807, 2.05) is 10.9 Å². The van der Waals surface area contributed by atoms with Crippen LogP contribution >= 0.6 is 0 Å². The summed E-state index contributed by atoms with van der Waals surface area (Å²) in [6.45, 7) is 8.78. The number of hydrogen-bond donors (Lipinski definition) is 1. The molecular weight excluding hydrogens is 212 g/mol. The van der Waals surface area contributed by atoms with E-state index in [9.17, 15) is 0 Å². The lowest BCUT2D eigenvalue weighted by molar-refractivity contribution is 0.489. The quantitative estimate of drug-likeness (QED) is 0.858. The van der Waals surface area contributed by atoms with Gasteiger partial charge in [0.25, 0.3) is 0 Å². The van der Waals surface area contributed by atoms with Crippen molar-refractivity contribution in [2.24, 2.45) is 0 Å². The Kier molecular flexibility index (Phi) is 3.50. The van der Waals surface area contributed by atoms with Gasteiger partial charge in [-0.15, -0.1) is 0 Å². The first-order valence-corrected chi connectivity index (χ1v) is 6.60. The molecule has 2 atom stereocenters. The molecule has 0 aliphatic heterocycles. The third kappa shape index (κ3) is 2.21. The van der Waals surface area contributed by atoms with Crippen molar-refractivity contribution in [2.75, 3.05) is 0 Å². The zero-order valence-corrected chi connectivity index (χ0v) is 11.2. The van der Waals surface area contributed by atoms with Gasteiger partial charge >= 0.3 is 0 Å². The second kappa shape index (κ2) is 4.90. The summed E-state index contributed by atoms with van der Waals surface area (Å²) in [4.78, 5) is 8.09. The van der Waals surface area contributed by atoms with Crippen molar-refractivity contribution in [3.05, 3.63) is 12.0 Å². The minimum absolute atomic E-state index is 0.408. The third-order valence-electron chi connectivity index (χ3n) is 3.46.